The number of carbonyl (C=O) groups is 2. The van der Waals surface area contributed by atoms with Crippen molar-refractivity contribution in [3.8, 4) is 0 Å². The zero-order chi connectivity index (χ0) is 19.0. The fourth-order valence-corrected chi connectivity index (χ4v) is 2.97. The molecule has 1 aromatic carbocycles. The van der Waals surface area contributed by atoms with Crippen LogP contribution in [-0.2, 0) is 4.74 Å². The first-order valence-corrected chi connectivity index (χ1v) is 9.36. The summed E-state index contributed by atoms with van der Waals surface area (Å²) in [7, 11) is 0. The van der Waals surface area contributed by atoms with Gasteiger partial charge in [-0.15, -0.1) is 0 Å². The Morgan fingerprint density at radius 1 is 1.12 bits per heavy atom. The molecule has 6 heteroatoms. The Labute approximate surface area is 156 Å². The molecule has 6 nitrogen and oxygen atoms in total. The van der Waals surface area contributed by atoms with Crippen LogP contribution >= 0.6 is 0 Å². The third kappa shape index (κ3) is 7.44. The van der Waals surface area contributed by atoms with E-state index in [9.17, 15) is 9.59 Å². The first-order chi connectivity index (χ1) is 12.3. The Bertz CT molecular complexity index is 576. The number of hydrogen-bond acceptors (Lipinski definition) is 4. The number of hydrogen-bond donors (Lipinski definition) is 2. The smallest absolute Gasteiger partial charge is 0.407 e. The van der Waals surface area contributed by atoms with Crippen LogP contribution in [0.25, 0.3) is 0 Å². The molecule has 0 aliphatic carbocycles. The van der Waals surface area contributed by atoms with Crippen molar-refractivity contribution in [3.05, 3.63) is 35.9 Å². The van der Waals surface area contributed by atoms with Crippen LogP contribution in [0.3, 0.4) is 0 Å². The number of nitrogens with zero attached hydrogens (tertiary/aromatic N) is 1. The molecule has 0 saturated carbocycles. The van der Waals surface area contributed by atoms with Crippen molar-refractivity contribution in [1.82, 2.24) is 15.5 Å². The van der Waals surface area contributed by atoms with Crippen molar-refractivity contribution < 1.29 is 14.3 Å². The van der Waals surface area contributed by atoms with Crippen molar-refractivity contribution in [1.29, 1.82) is 0 Å². The first-order valence-electron chi connectivity index (χ1n) is 9.36. The number of rotatable bonds is 6. The maximum Gasteiger partial charge on any atom is 0.407 e. The minimum atomic E-state index is -0.466. The van der Waals surface area contributed by atoms with E-state index in [1.807, 2.05) is 51.1 Å². The highest BCUT2D eigenvalue weighted by atomic mass is 16.6. The number of piperidine rings is 1. The number of alkyl carbamates (subject to hydrolysis) is 1. The largest absolute Gasteiger partial charge is 0.444 e. The number of benzene rings is 1. The van der Waals surface area contributed by atoms with Gasteiger partial charge < -0.3 is 20.3 Å². The Hall–Kier alpha value is -2.08. The summed E-state index contributed by atoms with van der Waals surface area (Å²) in [6, 6.07) is 9.31. The van der Waals surface area contributed by atoms with Gasteiger partial charge in [0.25, 0.3) is 5.91 Å². The lowest BCUT2D eigenvalue weighted by atomic mass is 9.96. The molecule has 1 aromatic rings. The van der Waals surface area contributed by atoms with Crippen LogP contribution in [0.1, 0.15) is 44.0 Å². The first kappa shape index (κ1) is 20.2. The summed E-state index contributed by atoms with van der Waals surface area (Å²) >= 11 is 0. The van der Waals surface area contributed by atoms with Crippen molar-refractivity contribution in [3.63, 3.8) is 0 Å². The van der Waals surface area contributed by atoms with E-state index in [2.05, 4.69) is 15.5 Å². The SMILES string of the molecule is CC(C)(C)OC(=O)NCCN1CCC(CNC(=O)c2ccccc2)CC1. The zero-order valence-electron chi connectivity index (χ0n) is 16.1. The van der Waals surface area contributed by atoms with Crippen molar-refractivity contribution in [2.24, 2.45) is 5.92 Å². The Morgan fingerprint density at radius 2 is 1.77 bits per heavy atom. The minimum Gasteiger partial charge on any atom is -0.444 e. The van der Waals surface area contributed by atoms with Crippen LogP contribution in [0.15, 0.2) is 30.3 Å². The van der Waals surface area contributed by atoms with Crippen LogP contribution in [0.5, 0.6) is 0 Å². The van der Waals surface area contributed by atoms with Crippen LogP contribution in [0, 0.1) is 5.92 Å². The van der Waals surface area contributed by atoms with E-state index >= 15 is 0 Å². The summed E-state index contributed by atoms with van der Waals surface area (Å²) in [6.45, 7) is 9.67. The molecule has 0 radical (unpaired) electrons. The summed E-state index contributed by atoms with van der Waals surface area (Å²) in [5, 5.41) is 5.83. The highest BCUT2D eigenvalue weighted by molar-refractivity contribution is 5.94. The highest BCUT2D eigenvalue weighted by Crippen LogP contribution is 2.16. The molecule has 2 N–H and O–H groups in total. The topological polar surface area (TPSA) is 70.7 Å². The van der Waals surface area contributed by atoms with Crippen molar-refractivity contribution in [2.45, 2.75) is 39.2 Å². The average molecular weight is 361 g/mol. The van der Waals surface area contributed by atoms with Gasteiger partial charge in [0, 0.05) is 25.2 Å². The number of carbonyl (C=O) groups excluding carboxylic acids is 2. The maximum atomic E-state index is 12.1. The molecule has 2 amide bonds. The Balaban J connectivity index is 1.59. The molecule has 0 atom stereocenters. The van der Waals surface area contributed by atoms with Gasteiger partial charge in [0.15, 0.2) is 0 Å². The van der Waals surface area contributed by atoms with Crippen LogP contribution < -0.4 is 10.6 Å². The Morgan fingerprint density at radius 3 is 2.38 bits per heavy atom. The molecule has 0 bridgehead atoms. The lowest BCUT2D eigenvalue weighted by Crippen LogP contribution is -2.42. The molecular weight excluding hydrogens is 330 g/mol. The molecule has 1 saturated heterocycles. The summed E-state index contributed by atoms with van der Waals surface area (Å²) in [5.41, 5.74) is 0.241. The van der Waals surface area contributed by atoms with E-state index in [0.717, 1.165) is 39.0 Å². The van der Waals surface area contributed by atoms with Gasteiger partial charge in [-0.25, -0.2) is 4.79 Å². The Kier molecular flexibility index (Phi) is 7.45. The molecule has 1 aliphatic rings. The van der Waals surface area contributed by atoms with Crippen molar-refractivity contribution >= 4 is 12.0 Å². The van der Waals surface area contributed by atoms with Gasteiger partial charge in [0.2, 0.25) is 0 Å². The number of nitrogens with one attached hydrogen (secondary N) is 2. The summed E-state index contributed by atoms with van der Waals surface area (Å²) < 4.78 is 5.23. The van der Waals surface area contributed by atoms with E-state index in [4.69, 9.17) is 4.74 Å². The lowest BCUT2D eigenvalue weighted by Gasteiger charge is -2.32. The molecule has 1 fully saturated rings. The molecule has 1 aliphatic heterocycles. The molecule has 0 spiro atoms. The van der Waals surface area contributed by atoms with Crippen LogP contribution in [0.4, 0.5) is 4.79 Å². The van der Waals surface area contributed by atoms with Crippen LogP contribution in [-0.4, -0.2) is 55.2 Å². The summed E-state index contributed by atoms with van der Waals surface area (Å²) in [6.07, 6.45) is 1.75. The molecule has 2 rings (SSSR count). The van der Waals surface area contributed by atoms with Crippen LogP contribution in [0.2, 0.25) is 0 Å². The predicted molar refractivity (Wildman–Crippen MR) is 102 cm³/mol. The second kappa shape index (κ2) is 9.57. The van der Waals surface area contributed by atoms with E-state index < -0.39 is 5.60 Å². The van der Waals surface area contributed by atoms with E-state index in [0.29, 0.717) is 18.0 Å². The second-order valence-electron chi connectivity index (χ2n) is 7.79. The van der Waals surface area contributed by atoms with Gasteiger partial charge in [0.05, 0.1) is 0 Å². The molecule has 1 heterocycles. The molecule has 26 heavy (non-hydrogen) atoms. The minimum absolute atomic E-state index is 0.00501. The third-order valence-electron chi connectivity index (χ3n) is 4.39. The summed E-state index contributed by atoms with van der Waals surface area (Å²) in [5.74, 6) is 0.507. The molecule has 0 aromatic heterocycles. The van der Waals surface area contributed by atoms with Crippen molar-refractivity contribution in [2.75, 3.05) is 32.7 Å². The number of likely N-dealkylation sites (tertiary alicyclic amines) is 1. The zero-order valence-corrected chi connectivity index (χ0v) is 16.1. The van der Waals surface area contributed by atoms with E-state index in [-0.39, 0.29) is 12.0 Å². The standard InChI is InChI=1S/C20H31N3O3/c1-20(2,3)26-19(25)21-11-14-23-12-9-16(10-13-23)15-22-18(24)17-7-5-4-6-8-17/h4-8,16H,9-15H2,1-3H3,(H,21,25)(H,22,24). The molecular formula is C20H31N3O3. The fraction of sp³-hybridized carbons (Fsp3) is 0.600. The quantitative estimate of drug-likeness (QED) is 0.817. The normalized spacial score (nSPS) is 16.1. The van der Waals surface area contributed by atoms with Gasteiger partial charge >= 0.3 is 6.09 Å². The molecule has 144 valence electrons. The van der Waals surface area contributed by atoms with E-state index in [1.165, 1.54) is 0 Å². The lowest BCUT2D eigenvalue weighted by molar-refractivity contribution is 0.0519. The van der Waals surface area contributed by atoms with E-state index in [1.54, 1.807) is 0 Å². The maximum absolute atomic E-state index is 12.1. The van der Waals surface area contributed by atoms with Gasteiger partial charge in [-0.05, 0) is 64.8 Å². The fourth-order valence-electron chi connectivity index (χ4n) is 2.97. The second-order valence-corrected chi connectivity index (χ2v) is 7.79. The number of ether oxygens (including phenoxy) is 1. The van der Waals surface area contributed by atoms with Gasteiger partial charge in [-0.3, -0.25) is 4.79 Å². The predicted octanol–water partition coefficient (Wildman–Crippen LogP) is 2.65. The van der Waals surface area contributed by atoms with Gasteiger partial charge in [-0.2, -0.15) is 0 Å². The third-order valence-corrected chi connectivity index (χ3v) is 4.39. The monoisotopic (exact) mass is 361 g/mol. The number of amides is 2. The van der Waals surface area contributed by atoms with Gasteiger partial charge in [0.1, 0.15) is 5.60 Å². The summed E-state index contributed by atoms with van der Waals surface area (Å²) in [4.78, 5) is 26.0. The molecule has 0 unspecified atom stereocenters. The average Bonchev–Trinajstić information content (AvgIpc) is 2.60. The van der Waals surface area contributed by atoms with Gasteiger partial charge in [-0.1, -0.05) is 18.2 Å². The highest BCUT2D eigenvalue weighted by Gasteiger charge is 2.20.